The molecule has 0 aliphatic rings. The van der Waals surface area contributed by atoms with Crippen molar-refractivity contribution in [3.63, 3.8) is 0 Å². The molecule has 0 fully saturated rings. The van der Waals surface area contributed by atoms with Crippen LogP contribution < -0.4 is 23.3 Å². The van der Waals surface area contributed by atoms with Crippen LogP contribution in [0.4, 0.5) is 0 Å². The first-order valence-corrected chi connectivity index (χ1v) is 13.2. The Balaban J connectivity index is 0.000000681. The maximum atomic E-state index is 9.90. The van der Waals surface area contributed by atoms with Crippen LogP contribution in [0.1, 0.15) is 11.3 Å². The summed E-state index contributed by atoms with van der Waals surface area (Å²) in [7, 11) is 1.87. The molecule has 3 N–H and O–H groups in total. The third kappa shape index (κ3) is 6.18. The Morgan fingerprint density at radius 3 is 1.82 bits per heavy atom. The Morgan fingerprint density at radius 2 is 1.25 bits per heavy atom. The van der Waals surface area contributed by atoms with E-state index >= 15 is 0 Å². The van der Waals surface area contributed by atoms with E-state index in [0.717, 1.165) is 38.3 Å². The number of phenolic OH excluding ortho intramolecular Hbond substituents is 1. The molecule has 0 saturated carbocycles. The first kappa shape index (κ1) is 28.4. The Morgan fingerprint density at radius 1 is 0.700 bits per heavy atom. The molecule has 0 bridgehead atoms. The van der Waals surface area contributed by atoms with Crippen molar-refractivity contribution in [2.75, 3.05) is 28.4 Å². The molecule has 5 rings (SSSR count). The lowest BCUT2D eigenvalue weighted by molar-refractivity contribution is -0.511. The van der Waals surface area contributed by atoms with Crippen molar-refractivity contribution >= 4 is 49.6 Å². The third-order valence-corrected chi connectivity index (χ3v) is 6.18. The molecular weight excluding hydrogens is 538 g/mol. The lowest BCUT2D eigenvalue weighted by Gasteiger charge is -2.12. The van der Waals surface area contributed by atoms with E-state index in [0.29, 0.717) is 23.0 Å². The van der Waals surface area contributed by atoms with Crippen LogP contribution in [-0.4, -0.2) is 51.1 Å². The highest BCUT2D eigenvalue weighted by atomic mass is 32.3. The predicted molar refractivity (Wildman–Crippen MR) is 152 cm³/mol. The van der Waals surface area contributed by atoms with E-state index in [2.05, 4.69) is 16.5 Å². The number of methoxy groups -OCH3 is 4. The quantitative estimate of drug-likeness (QED) is 0.112. The largest absolute Gasteiger partial charge is 0.508 e. The second-order valence-electron chi connectivity index (χ2n) is 8.57. The number of hydrogen-bond donors (Lipinski definition) is 3. The number of phenols is 1. The third-order valence-electron chi connectivity index (χ3n) is 6.18. The van der Waals surface area contributed by atoms with Gasteiger partial charge in [-0.3, -0.25) is 9.11 Å². The fraction of sp³-hybridized carbons (Fsp3) is 0.138. The van der Waals surface area contributed by atoms with Crippen LogP contribution in [0.5, 0.6) is 28.7 Å². The van der Waals surface area contributed by atoms with Gasteiger partial charge in [-0.15, -0.1) is 0 Å². The van der Waals surface area contributed by atoms with Gasteiger partial charge in [-0.05, 0) is 58.8 Å². The molecule has 0 radical (unpaired) electrons. The first-order chi connectivity index (χ1) is 19.1. The zero-order valence-corrected chi connectivity index (χ0v) is 23.0. The zero-order chi connectivity index (χ0) is 29.0. The van der Waals surface area contributed by atoms with Crippen LogP contribution >= 0.6 is 0 Å². The minimum Gasteiger partial charge on any atom is -0.508 e. The van der Waals surface area contributed by atoms with E-state index in [-0.39, 0.29) is 5.75 Å². The van der Waals surface area contributed by atoms with Gasteiger partial charge in [0.05, 0.1) is 39.2 Å². The van der Waals surface area contributed by atoms with Crippen molar-refractivity contribution in [1.29, 1.82) is 0 Å². The highest BCUT2D eigenvalue weighted by Gasteiger charge is 2.20. The minimum absolute atomic E-state index is 0.223. The molecule has 0 spiro atoms. The molecule has 0 atom stereocenters. The number of pyridine rings is 2. The van der Waals surface area contributed by atoms with Crippen molar-refractivity contribution in [3.8, 4) is 28.7 Å². The number of ether oxygens (including phenoxy) is 4. The summed E-state index contributed by atoms with van der Waals surface area (Å²) in [6, 6.07) is 19.3. The van der Waals surface area contributed by atoms with Crippen LogP contribution in [-0.2, 0) is 10.4 Å². The van der Waals surface area contributed by atoms with Crippen molar-refractivity contribution < 1.29 is 46.0 Å². The fourth-order valence-corrected chi connectivity index (χ4v) is 4.46. The summed E-state index contributed by atoms with van der Waals surface area (Å²) in [4.78, 5) is 0. The highest BCUT2D eigenvalue weighted by molar-refractivity contribution is 7.79. The Kier molecular flexibility index (Phi) is 8.29. The Labute approximate surface area is 230 Å². The highest BCUT2D eigenvalue weighted by Crippen LogP contribution is 2.37. The lowest BCUT2D eigenvalue weighted by atomic mass is 10.0. The van der Waals surface area contributed by atoms with Gasteiger partial charge in [0.2, 0.25) is 11.2 Å². The van der Waals surface area contributed by atoms with Crippen molar-refractivity contribution in [2.24, 2.45) is 0 Å². The van der Waals surface area contributed by atoms with Gasteiger partial charge in [-0.2, -0.15) is 12.8 Å². The fourth-order valence-electron chi connectivity index (χ4n) is 4.46. The van der Waals surface area contributed by atoms with Crippen LogP contribution in [0.15, 0.2) is 66.9 Å². The van der Waals surface area contributed by atoms with Gasteiger partial charge < -0.3 is 24.1 Å². The molecule has 0 aliphatic heterocycles. The molecular formula is C29H28NO9S+. The molecule has 11 heteroatoms. The summed E-state index contributed by atoms with van der Waals surface area (Å²) in [5.74, 6) is 2.88. The SMILES string of the molecule is COc1cc2cc3c4cc(OC)c(OC)cc4cc[n+]3c(/C=C/c3cccc(O)c3)c2cc1OC.O=S(=O)(O)O. The normalized spacial score (nSPS) is 11.4. The molecule has 2 aromatic heterocycles. The minimum atomic E-state index is -4.67. The van der Waals surface area contributed by atoms with Gasteiger partial charge in [0, 0.05) is 18.2 Å². The molecule has 2 heterocycles. The second-order valence-corrected chi connectivity index (χ2v) is 9.46. The lowest BCUT2D eigenvalue weighted by Crippen LogP contribution is -2.26. The second kappa shape index (κ2) is 11.7. The maximum Gasteiger partial charge on any atom is 0.394 e. The van der Waals surface area contributed by atoms with Gasteiger partial charge in [0.15, 0.2) is 29.2 Å². The van der Waals surface area contributed by atoms with E-state index in [4.69, 9.17) is 36.5 Å². The van der Waals surface area contributed by atoms with E-state index in [1.54, 1.807) is 40.6 Å². The zero-order valence-electron chi connectivity index (χ0n) is 22.2. The molecule has 0 saturated heterocycles. The molecule has 0 unspecified atom stereocenters. The molecule has 3 aromatic carbocycles. The van der Waals surface area contributed by atoms with Crippen LogP contribution in [0.3, 0.4) is 0 Å². The smallest absolute Gasteiger partial charge is 0.394 e. The Hall–Kier alpha value is -4.58. The molecule has 0 aliphatic carbocycles. The van der Waals surface area contributed by atoms with Gasteiger partial charge >= 0.3 is 10.4 Å². The van der Waals surface area contributed by atoms with Crippen LogP contribution in [0.2, 0.25) is 0 Å². The summed E-state index contributed by atoms with van der Waals surface area (Å²) in [5.41, 5.74) is 2.85. The van der Waals surface area contributed by atoms with Gasteiger partial charge in [-0.1, -0.05) is 12.1 Å². The van der Waals surface area contributed by atoms with Crippen molar-refractivity contribution in [2.45, 2.75) is 0 Å². The van der Waals surface area contributed by atoms with Crippen molar-refractivity contribution in [3.05, 3.63) is 78.1 Å². The average molecular weight is 567 g/mol. The summed E-state index contributed by atoms with van der Waals surface area (Å²) in [6.45, 7) is 0. The number of fused-ring (bicyclic) bond motifs is 4. The number of nitrogens with zero attached hydrogens (tertiary/aromatic N) is 1. The first-order valence-electron chi connectivity index (χ1n) is 11.8. The summed E-state index contributed by atoms with van der Waals surface area (Å²) >= 11 is 0. The van der Waals surface area contributed by atoms with E-state index in [1.807, 2.05) is 54.7 Å². The maximum absolute atomic E-state index is 9.90. The summed E-state index contributed by atoms with van der Waals surface area (Å²) in [5, 5.41) is 14.0. The molecule has 0 amide bonds. The number of benzene rings is 3. The van der Waals surface area contributed by atoms with Gasteiger partial charge in [0.1, 0.15) is 5.75 Å². The summed E-state index contributed by atoms with van der Waals surface area (Å²) < 4.78 is 56.0. The van der Waals surface area contributed by atoms with Gasteiger partial charge in [0.25, 0.3) is 0 Å². The molecule has 10 nitrogen and oxygen atoms in total. The number of rotatable bonds is 6. The number of hydrogen-bond acceptors (Lipinski definition) is 7. The van der Waals surface area contributed by atoms with Crippen LogP contribution in [0, 0.1) is 0 Å². The average Bonchev–Trinajstić information content (AvgIpc) is 2.92. The Bertz CT molecular complexity index is 1840. The number of aromatic hydroxyl groups is 1. The van der Waals surface area contributed by atoms with E-state index in [9.17, 15) is 5.11 Å². The van der Waals surface area contributed by atoms with E-state index < -0.39 is 10.4 Å². The molecule has 208 valence electrons. The van der Waals surface area contributed by atoms with Gasteiger partial charge in [-0.25, -0.2) is 0 Å². The number of aromatic nitrogens is 1. The van der Waals surface area contributed by atoms with Crippen LogP contribution in [0.25, 0.3) is 39.2 Å². The molecule has 40 heavy (non-hydrogen) atoms. The standard InChI is InChI=1S/C29H25NO5.H2O4S/c1-32-26-14-19-10-11-30-24(9-8-18-6-5-7-21(31)12-18)23-17-29(35-4)27(33-2)15-20(23)13-25(30)22(19)16-28(26)34-3;1-5(2,3)4/h5-17H,1-4H3;(H2,1,2,3,4)/p+1/b9-8+;. The van der Waals surface area contributed by atoms with E-state index in [1.165, 1.54) is 0 Å². The predicted octanol–water partition coefficient (Wildman–Crippen LogP) is 4.99. The van der Waals surface area contributed by atoms with Crippen molar-refractivity contribution in [1.82, 2.24) is 0 Å². The monoisotopic (exact) mass is 566 g/mol. The molecule has 5 aromatic rings. The topological polar surface area (TPSA) is 136 Å². The summed E-state index contributed by atoms with van der Waals surface area (Å²) in [6.07, 6.45) is 6.07.